The van der Waals surface area contributed by atoms with Crippen LogP contribution in [-0.4, -0.2) is 30.0 Å². The van der Waals surface area contributed by atoms with E-state index in [1.165, 1.54) is 19.5 Å². The van der Waals surface area contributed by atoms with Crippen LogP contribution in [0.5, 0.6) is 5.75 Å². The Balaban J connectivity index is 2.25. The molecule has 0 saturated carbocycles. The van der Waals surface area contributed by atoms with Gasteiger partial charge in [-0.15, -0.1) is 0 Å². The molecule has 1 aromatic heterocycles. The average Bonchev–Trinajstić information content (AvgIpc) is 2.55. The highest BCUT2D eigenvalue weighted by molar-refractivity contribution is 6.03. The fourth-order valence-corrected chi connectivity index (χ4v) is 1.65. The molecule has 7 heteroatoms. The van der Waals surface area contributed by atoms with Gasteiger partial charge in [-0.2, -0.15) is 5.26 Å². The topological polar surface area (TPSA) is 99.9 Å². The van der Waals surface area contributed by atoms with Crippen molar-refractivity contribution in [2.24, 2.45) is 0 Å². The molecule has 0 atom stereocenters. The molecule has 2 aromatic rings. The molecule has 0 radical (unpaired) electrons. The number of methoxy groups -OCH3 is 1. The molecule has 1 heterocycles. The first kappa shape index (κ1) is 14.3. The van der Waals surface area contributed by atoms with Gasteiger partial charge in [-0.1, -0.05) is 0 Å². The van der Waals surface area contributed by atoms with Crippen LogP contribution in [0.25, 0.3) is 0 Å². The predicted octanol–water partition coefficient (Wildman–Crippen LogP) is 1.65. The number of anilines is 2. The summed E-state index contributed by atoms with van der Waals surface area (Å²) >= 11 is 0. The zero-order chi connectivity index (χ0) is 15.2. The molecule has 0 saturated heterocycles. The van der Waals surface area contributed by atoms with E-state index in [1.807, 2.05) is 6.07 Å². The maximum absolute atomic E-state index is 12.1. The second kappa shape index (κ2) is 6.34. The van der Waals surface area contributed by atoms with Crippen LogP contribution in [0.4, 0.5) is 11.5 Å². The van der Waals surface area contributed by atoms with Crippen LogP contribution in [0.15, 0.2) is 30.6 Å². The van der Waals surface area contributed by atoms with E-state index in [0.29, 0.717) is 22.8 Å². The Morgan fingerprint density at radius 2 is 2.19 bits per heavy atom. The summed E-state index contributed by atoms with van der Waals surface area (Å²) in [6.45, 7) is 0. The van der Waals surface area contributed by atoms with Gasteiger partial charge in [0.1, 0.15) is 17.3 Å². The highest BCUT2D eigenvalue weighted by Crippen LogP contribution is 2.25. The third-order valence-electron chi connectivity index (χ3n) is 2.70. The number of aromatic nitrogens is 2. The van der Waals surface area contributed by atoms with Crippen molar-refractivity contribution in [2.75, 3.05) is 24.8 Å². The molecule has 0 bridgehead atoms. The number of carbonyl (C=O) groups is 1. The zero-order valence-corrected chi connectivity index (χ0v) is 11.5. The van der Waals surface area contributed by atoms with Crippen LogP contribution in [-0.2, 0) is 0 Å². The number of ether oxygens (including phenoxy) is 1. The molecule has 2 rings (SSSR count). The maximum Gasteiger partial charge on any atom is 0.276 e. The molecular weight excluding hydrogens is 270 g/mol. The van der Waals surface area contributed by atoms with E-state index in [-0.39, 0.29) is 5.69 Å². The van der Waals surface area contributed by atoms with Crippen molar-refractivity contribution in [1.82, 2.24) is 9.97 Å². The Bertz CT molecular complexity index is 709. The summed E-state index contributed by atoms with van der Waals surface area (Å²) in [6, 6.07) is 6.75. The number of hydrogen-bond donors (Lipinski definition) is 2. The number of amides is 1. The fourth-order valence-electron chi connectivity index (χ4n) is 1.65. The van der Waals surface area contributed by atoms with Gasteiger partial charge in [0.2, 0.25) is 0 Å². The molecule has 0 fully saturated rings. The van der Waals surface area contributed by atoms with E-state index in [4.69, 9.17) is 10.00 Å². The van der Waals surface area contributed by atoms with E-state index < -0.39 is 5.91 Å². The normalized spacial score (nSPS) is 9.57. The minimum atomic E-state index is -0.414. The van der Waals surface area contributed by atoms with Crippen LogP contribution in [0, 0.1) is 11.3 Å². The summed E-state index contributed by atoms with van der Waals surface area (Å²) in [5.74, 6) is 0.484. The SMILES string of the molecule is CNc1cncc(C(=O)Nc2ccc(C#N)cc2OC)n1. The van der Waals surface area contributed by atoms with E-state index in [0.717, 1.165) is 0 Å². The third kappa shape index (κ3) is 3.25. The van der Waals surface area contributed by atoms with Crippen molar-refractivity contribution in [3.63, 3.8) is 0 Å². The van der Waals surface area contributed by atoms with Gasteiger partial charge in [0.25, 0.3) is 5.91 Å². The number of hydrogen-bond acceptors (Lipinski definition) is 6. The highest BCUT2D eigenvalue weighted by atomic mass is 16.5. The first-order valence-corrected chi connectivity index (χ1v) is 6.07. The molecule has 106 valence electrons. The lowest BCUT2D eigenvalue weighted by molar-refractivity contribution is 0.102. The van der Waals surface area contributed by atoms with Gasteiger partial charge in [-0.3, -0.25) is 9.78 Å². The average molecular weight is 283 g/mol. The zero-order valence-electron chi connectivity index (χ0n) is 11.5. The van der Waals surface area contributed by atoms with Crippen molar-refractivity contribution in [2.45, 2.75) is 0 Å². The third-order valence-corrected chi connectivity index (χ3v) is 2.70. The van der Waals surface area contributed by atoms with Crippen molar-refractivity contribution in [3.8, 4) is 11.8 Å². The second-order valence-electron chi connectivity index (χ2n) is 4.02. The second-order valence-corrected chi connectivity index (χ2v) is 4.02. The highest BCUT2D eigenvalue weighted by Gasteiger charge is 2.12. The lowest BCUT2D eigenvalue weighted by Crippen LogP contribution is -2.15. The van der Waals surface area contributed by atoms with Crippen LogP contribution in [0.1, 0.15) is 16.1 Å². The van der Waals surface area contributed by atoms with E-state index >= 15 is 0 Å². The molecule has 2 N–H and O–H groups in total. The van der Waals surface area contributed by atoms with Crippen molar-refractivity contribution in [1.29, 1.82) is 5.26 Å². The molecule has 0 aliphatic heterocycles. The van der Waals surface area contributed by atoms with Gasteiger partial charge in [0.05, 0.1) is 36.8 Å². The standard InChI is InChI=1S/C14H13N5O2/c1-16-13-8-17-7-11(18-13)14(20)19-10-4-3-9(6-15)5-12(10)21-2/h3-5,7-8H,1-2H3,(H,16,18)(H,19,20). The van der Waals surface area contributed by atoms with E-state index in [1.54, 1.807) is 25.2 Å². The first-order valence-electron chi connectivity index (χ1n) is 6.07. The summed E-state index contributed by atoms with van der Waals surface area (Å²) in [5.41, 5.74) is 1.08. The molecule has 0 aliphatic rings. The molecule has 0 aliphatic carbocycles. The van der Waals surface area contributed by atoms with Crippen molar-refractivity contribution in [3.05, 3.63) is 41.9 Å². The molecule has 0 spiro atoms. The van der Waals surface area contributed by atoms with Crippen molar-refractivity contribution >= 4 is 17.4 Å². The molecule has 1 amide bonds. The minimum Gasteiger partial charge on any atom is -0.495 e. The molecule has 1 aromatic carbocycles. The Morgan fingerprint density at radius 3 is 2.86 bits per heavy atom. The summed E-state index contributed by atoms with van der Waals surface area (Å²) in [5, 5.41) is 14.3. The fraction of sp³-hybridized carbons (Fsp3) is 0.143. The quantitative estimate of drug-likeness (QED) is 0.885. The lowest BCUT2D eigenvalue weighted by Gasteiger charge is -2.10. The smallest absolute Gasteiger partial charge is 0.276 e. The maximum atomic E-state index is 12.1. The van der Waals surface area contributed by atoms with Crippen LogP contribution >= 0.6 is 0 Å². The van der Waals surface area contributed by atoms with Crippen LogP contribution < -0.4 is 15.4 Å². The Kier molecular flexibility index (Phi) is 4.31. The van der Waals surface area contributed by atoms with Gasteiger partial charge < -0.3 is 15.4 Å². The molecular formula is C14H13N5O2. The number of nitriles is 1. The Morgan fingerprint density at radius 1 is 1.38 bits per heavy atom. The summed E-state index contributed by atoms with van der Waals surface area (Å²) in [4.78, 5) is 20.2. The summed E-state index contributed by atoms with van der Waals surface area (Å²) in [7, 11) is 3.16. The summed E-state index contributed by atoms with van der Waals surface area (Å²) in [6.07, 6.45) is 2.88. The molecule has 0 unspecified atom stereocenters. The van der Waals surface area contributed by atoms with Gasteiger partial charge in [0.15, 0.2) is 0 Å². The monoisotopic (exact) mass is 283 g/mol. The van der Waals surface area contributed by atoms with Gasteiger partial charge in [-0.25, -0.2) is 4.98 Å². The molecule has 21 heavy (non-hydrogen) atoms. The van der Waals surface area contributed by atoms with Gasteiger partial charge in [-0.05, 0) is 12.1 Å². The van der Waals surface area contributed by atoms with Crippen LogP contribution in [0.2, 0.25) is 0 Å². The molecule has 7 nitrogen and oxygen atoms in total. The number of benzene rings is 1. The number of rotatable bonds is 4. The Labute approximate surface area is 121 Å². The minimum absolute atomic E-state index is 0.174. The predicted molar refractivity (Wildman–Crippen MR) is 77.2 cm³/mol. The van der Waals surface area contributed by atoms with E-state index in [9.17, 15) is 4.79 Å². The van der Waals surface area contributed by atoms with Crippen molar-refractivity contribution < 1.29 is 9.53 Å². The van der Waals surface area contributed by atoms with Crippen LogP contribution in [0.3, 0.4) is 0 Å². The largest absolute Gasteiger partial charge is 0.495 e. The summed E-state index contributed by atoms with van der Waals surface area (Å²) < 4.78 is 5.16. The van der Waals surface area contributed by atoms with E-state index in [2.05, 4.69) is 20.6 Å². The van der Waals surface area contributed by atoms with Gasteiger partial charge >= 0.3 is 0 Å². The number of nitrogens with one attached hydrogen (secondary N) is 2. The number of nitrogens with zero attached hydrogens (tertiary/aromatic N) is 3. The van der Waals surface area contributed by atoms with Gasteiger partial charge in [0, 0.05) is 13.1 Å². The first-order chi connectivity index (χ1) is 10.2. The Hall–Kier alpha value is -3.14. The number of carbonyl (C=O) groups excluding carboxylic acids is 1. The lowest BCUT2D eigenvalue weighted by atomic mass is 10.2.